The van der Waals surface area contributed by atoms with Gasteiger partial charge in [0.1, 0.15) is 18.6 Å². The number of hydrogen-bond acceptors (Lipinski definition) is 6. The molecule has 1 aromatic carbocycles. The van der Waals surface area contributed by atoms with Crippen molar-refractivity contribution in [2.24, 2.45) is 5.92 Å². The van der Waals surface area contributed by atoms with Gasteiger partial charge in [-0.25, -0.2) is 4.79 Å². The van der Waals surface area contributed by atoms with Gasteiger partial charge in [-0.05, 0) is 43.7 Å². The lowest BCUT2D eigenvalue weighted by Crippen LogP contribution is -2.49. The minimum Gasteiger partial charge on any atom is -0.454 e. The number of esters is 1. The molecular formula is C22H26N4O6. The summed E-state index contributed by atoms with van der Waals surface area (Å²) in [4.78, 5) is 64.1. The van der Waals surface area contributed by atoms with Crippen LogP contribution >= 0.6 is 0 Å². The fourth-order valence-corrected chi connectivity index (χ4v) is 4.59. The van der Waals surface area contributed by atoms with Gasteiger partial charge in [-0.2, -0.15) is 0 Å². The van der Waals surface area contributed by atoms with Crippen LogP contribution in [0.4, 0.5) is 16.2 Å². The minimum atomic E-state index is -0.941. The maximum absolute atomic E-state index is 12.9. The van der Waals surface area contributed by atoms with Gasteiger partial charge in [-0.3, -0.25) is 29.0 Å². The molecule has 1 aliphatic carbocycles. The molecule has 10 heteroatoms. The van der Waals surface area contributed by atoms with E-state index in [-0.39, 0.29) is 12.5 Å². The Balaban J connectivity index is 1.34. The van der Waals surface area contributed by atoms with Gasteiger partial charge in [0.2, 0.25) is 5.91 Å². The zero-order chi connectivity index (χ0) is 22.9. The lowest BCUT2D eigenvalue weighted by Gasteiger charge is -2.34. The number of hydrogen-bond donors (Lipinski definition) is 2. The number of urea groups is 1. The number of fused-ring (bicyclic) bond motifs is 1. The number of ether oxygens (including phenoxy) is 1. The number of carbonyl (C=O) groups is 5. The largest absolute Gasteiger partial charge is 0.454 e. The van der Waals surface area contributed by atoms with E-state index in [1.807, 2.05) is 0 Å². The summed E-state index contributed by atoms with van der Waals surface area (Å²) in [6.07, 6.45) is 3.83. The van der Waals surface area contributed by atoms with E-state index >= 15 is 0 Å². The summed E-state index contributed by atoms with van der Waals surface area (Å²) in [5.74, 6) is -1.67. The zero-order valence-corrected chi connectivity index (χ0v) is 17.9. The molecule has 1 saturated carbocycles. The normalized spacial score (nSPS) is 24.8. The first-order valence-electron chi connectivity index (χ1n) is 10.8. The molecule has 1 aromatic rings. The summed E-state index contributed by atoms with van der Waals surface area (Å²) in [6.45, 7) is 0.749. The van der Waals surface area contributed by atoms with Crippen molar-refractivity contribution in [3.63, 3.8) is 0 Å². The third-order valence-electron chi connectivity index (χ3n) is 6.50. The Morgan fingerprint density at radius 3 is 2.59 bits per heavy atom. The van der Waals surface area contributed by atoms with E-state index < -0.39 is 42.5 Å². The van der Waals surface area contributed by atoms with Gasteiger partial charge in [0.05, 0.1) is 11.4 Å². The predicted molar refractivity (Wildman–Crippen MR) is 114 cm³/mol. The first-order valence-corrected chi connectivity index (χ1v) is 10.8. The summed E-state index contributed by atoms with van der Waals surface area (Å²) >= 11 is 0. The Labute approximate surface area is 185 Å². The van der Waals surface area contributed by atoms with Gasteiger partial charge < -0.3 is 15.4 Å². The van der Waals surface area contributed by atoms with Crippen molar-refractivity contribution >= 4 is 41.1 Å². The van der Waals surface area contributed by atoms with E-state index in [1.54, 1.807) is 24.3 Å². The fourth-order valence-electron chi connectivity index (χ4n) is 4.59. The van der Waals surface area contributed by atoms with E-state index in [4.69, 9.17) is 4.74 Å². The van der Waals surface area contributed by atoms with E-state index in [0.29, 0.717) is 30.1 Å². The molecule has 0 radical (unpaired) electrons. The summed E-state index contributed by atoms with van der Waals surface area (Å²) in [6, 6.07) is 6.18. The molecule has 1 saturated heterocycles. The van der Waals surface area contributed by atoms with Crippen molar-refractivity contribution in [2.45, 2.75) is 44.6 Å². The van der Waals surface area contributed by atoms with Crippen LogP contribution in [-0.2, 0) is 23.9 Å². The van der Waals surface area contributed by atoms with Gasteiger partial charge in [-0.15, -0.1) is 0 Å². The van der Waals surface area contributed by atoms with Crippen LogP contribution in [0.2, 0.25) is 0 Å². The van der Waals surface area contributed by atoms with Crippen molar-refractivity contribution in [2.75, 3.05) is 29.9 Å². The molecule has 0 unspecified atom stereocenters. The van der Waals surface area contributed by atoms with Gasteiger partial charge in [0.15, 0.2) is 6.61 Å². The summed E-state index contributed by atoms with van der Waals surface area (Å²) < 4.78 is 5.04. The maximum Gasteiger partial charge on any atom is 0.326 e. The molecule has 2 heterocycles. The molecule has 0 bridgehead atoms. The molecule has 10 nitrogen and oxygen atoms in total. The number of benzene rings is 1. The molecule has 32 heavy (non-hydrogen) atoms. The molecular weight excluding hydrogens is 416 g/mol. The average molecular weight is 442 g/mol. The van der Waals surface area contributed by atoms with Gasteiger partial charge in [0.25, 0.3) is 11.8 Å². The monoisotopic (exact) mass is 442 g/mol. The van der Waals surface area contributed by atoms with E-state index in [2.05, 4.69) is 17.6 Å². The SMILES string of the molecule is CCC1CCC2(CC1)NC(=O)N(CC(=O)OCC(=O)N1CC(=O)Nc3ccccc31)C2=O. The number of nitrogens with zero attached hydrogens (tertiary/aromatic N) is 2. The first kappa shape index (κ1) is 21.8. The third-order valence-corrected chi connectivity index (χ3v) is 6.50. The first-order chi connectivity index (χ1) is 15.3. The minimum absolute atomic E-state index is 0.193. The van der Waals surface area contributed by atoms with Crippen LogP contribution in [0.5, 0.6) is 0 Å². The number of carbonyl (C=O) groups excluding carboxylic acids is 5. The highest BCUT2D eigenvalue weighted by Crippen LogP contribution is 2.37. The lowest BCUT2D eigenvalue weighted by molar-refractivity contribution is -0.150. The number of para-hydroxylation sites is 2. The second kappa shape index (κ2) is 8.60. The summed E-state index contributed by atoms with van der Waals surface area (Å²) in [5, 5.41) is 5.43. The van der Waals surface area contributed by atoms with Gasteiger partial charge in [-0.1, -0.05) is 25.5 Å². The Hall–Kier alpha value is -3.43. The van der Waals surface area contributed by atoms with E-state index in [1.165, 1.54) is 4.90 Å². The van der Waals surface area contributed by atoms with Crippen molar-refractivity contribution in [1.29, 1.82) is 0 Å². The Morgan fingerprint density at radius 1 is 1.16 bits per heavy atom. The van der Waals surface area contributed by atoms with Crippen LogP contribution < -0.4 is 15.5 Å². The highest BCUT2D eigenvalue weighted by atomic mass is 16.5. The molecule has 2 N–H and O–H groups in total. The Morgan fingerprint density at radius 2 is 1.88 bits per heavy atom. The summed E-state index contributed by atoms with van der Waals surface area (Å²) in [7, 11) is 0. The Bertz CT molecular complexity index is 969. The highest BCUT2D eigenvalue weighted by Gasteiger charge is 2.52. The summed E-state index contributed by atoms with van der Waals surface area (Å²) in [5.41, 5.74) is 0.0571. The van der Waals surface area contributed by atoms with Gasteiger partial charge in [0, 0.05) is 0 Å². The second-order valence-electron chi connectivity index (χ2n) is 8.46. The van der Waals surface area contributed by atoms with Crippen molar-refractivity contribution < 1.29 is 28.7 Å². The van der Waals surface area contributed by atoms with Crippen LogP contribution in [0.3, 0.4) is 0 Å². The van der Waals surface area contributed by atoms with E-state index in [9.17, 15) is 24.0 Å². The van der Waals surface area contributed by atoms with Crippen molar-refractivity contribution in [3.8, 4) is 0 Å². The molecule has 4 rings (SSSR count). The predicted octanol–water partition coefficient (Wildman–Crippen LogP) is 1.41. The molecule has 0 aromatic heterocycles. The van der Waals surface area contributed by atoms with Crippen molar-refractivity contribution in [1.82, 2.24) is 10.2 Å². The van der Waals surface area contributed by atoms with Crippen LogP contribution in [0.25, 0.3) is 0 Å². The maximum atomic E-state index is 12.9. The molecule has 1 spiro atoms. The number of imide groups is 1. The van der Waals surface area contributed by atoms with Crippen LogP contribution in [0.1, 0.15) is 39.0 Å². The average Bonchev–Trinajstić information content (AvgIpc) is 3.01. The number of rotatable bonds is 5. The third kappa shape index (κ3) is 4.04. The van der Waals surface area contributed by atoms with Crippen LogP contribution in [0.15, 0.2) is 24.3 Å². The molecule has 0 atom stereocenters. The number of amides is 5. The Kier molecular flexibility index (Phi) is 5.86. The molecule has 170 valence electrons. The highest BCUT2D eigenvalue weighted by molar-refractivity contribution is 6.11. The van der Waals surface area contributed by atoms with Crippen LogP contribution in [0, 0.1) is 5.92 Å². The van der Waals surface area contributed by atoms with E-state index in [0.717, 1.165) is 24.2 Å². The topological polar surface area (TPSA) is 125 Å². The standard InChI is InChI=1S/C22H26N4O6/c1-2-14-7-9-22(10-8-14)20(30)26(21(31)24-22)12-19(29)32-13-18(28)25-11-17(27)23-15-5-3-4-6-16(15)25/h3-6,14H,2,7-13H2,1H3,(H,23,27)(H,24,31). The smallest absolute Gasteiger partial charge is 0.326 e. The second-order valence-corrected chi connectivity index (χ2v) is 8.46. The molecule has 5 amide bonds. The zero-order valence-electron chi connectivity index (χ0n) is 17.9. The molecule has 2 fully saturated rings. The lowest BCUT2D eigenvalue weighted by atomic mass is 9.75. The molecule has 2 aliphatic heterocycles. The fraction of sp³-hybridized carbons (Fsp3) is 0.500. The quantitative estimate of drug-likeness (QED) is 0.525. The molecule has 3 aliphatic rings. The van der Waals surface area contributed by atoms with Gasteiger partial charge >= 0.3 is 12.0 Å². The van der Waals surface area contributed by atoms with Crippen LogP contribution in [-0.4, -0.2) is 59.9 Å². The number of nitrogens with one attached hydrogen (secondary N) is 2. The number of anilines is 2. The van der Waals surface area contributed by atoms with Crippen molar-refractivity contribution in [3.05, 3.63) is 24.3 Å².